The molecule has 4 rings (SSSR count). The Morgan fingerprint density at radius 3 is 2.79 bits per heavy atom. The predicted molar refractivity (Wildman–Crippen MR) is 110 cm³/mol. The van der Waals surface area contributed by atoms with E-state index in [4.69, 9.17) is 4.42 Å². The maximum Gasteiger partial charge on any atom is 0.254 e. The minimum Gasteiger partial charge on any atom is -0.463 e. The number of rotatable bonds is 7. The molecular weight excluding hydrogens is 388 g/mol. The van der Waals surface area contributed by atoms with Crippen molar-refractivity contribution in [3.05, 3.63) is 82.5 Å². The number of furan rings is 1. The number of carbonyl (C=O) groups is 1. The number of benzene rings is 1. The number of nitrogens with zero attached hydrogens (tertiary/aromatic N) is 3. The normalized spacial score (nSPS) is 10.8. The molecule has 0 spiro atoms. The molecule has 146 valence electrons. The maximum absolute atomic E-state index is 12.2. The zero-order chi connectivity index (χ0) is 20.1. The first-order valence-corrected chi connectivity index (χ1v) is 9.94. The highest BCUT2D eigenvalue weighted by Crippen LogP contribution is 2.23. The van der Waals surface area contributed by atoms with Crippen LogP contribution in [-0.4, -0.2) is 27.0 Å². The van der Waals surface area contributed by atoms with E-state index >= 15 is 0 Å². The van der Waals surface area contributed by atoms with E-state index in [1.165, 1.54) is 23.2 Å². The summed E-state index contributed by atoms with van der Waals surface area (Å²) < 4.78 is 6.49. The predicted octanol–water partition coefficient (Wildman–Crippen LogP) is 2.99. The molecule has 4 aromatic rings. The first kappa shape index (κ1) is 18.8. The van der Waals surface area contributed by atoms with E-state index in [1.807, 2.05) is 35.7 Å². The van der Waals surface area contributed by atoms with Gasteiger partial charge in [-0.25, -0.2) is 9.97 Å². The SMILES string of the molecule is O=C(Cn1cnc(-c2ccco2)cc1=O)NCCc1csc(-c2ccccc2)n1. The molecule has 0 saturated heterocycles. The second kappa shape index (κ2) is 8.66. The van der Waals surface area contributed by atoms with Gasteiger partial charge in [0.2, 0.25) is 5.91 Å². The van der Waals surface area contributed by atoms with E-state index in [2.05, 4.69) is 15.3 Å². The van der Waals surface area contributed by atoms with Gasteiger partial charge < -0.3 is 9.73 Å². The minimum atomic E-state index is -0.312. The molecule has 0 bridgehead atoms. The van der Waals surface area contributed by atoms with Crippen LogP contribution in [0.25, 0.3) is 22.0 Å². The second-order valence-corrected chi connectivity index (χ2v) is 7.19. The molecule has 0 saturated carbocycles. The van der Waals surface area contributed by atoms with Crippen molar-refractivity contribution in [2.24, 2.45) is 0 Å². The average Bonchev–Trinajstić information content (AvgIpc) is 3.42. The van der Waals surface area contributed by atoms with Gasteiger partial charge in [-0.3, -0.25) is 14.2 Å². The topological polar surface area (TPSA) is 90.0 Å². The molecule has 8 heteroatoms. The van der Waals surface area contributed by atoms with Crippen molar-refractivity contribution in [2.75, 3.05) is 6.54 Å². The summed E-state index contributed by atoms with van der Waals surface area (Å²) in [5.41, 5.74) is 2.14. The molecule has 3 heterocycles. The summed E-state index contributed by atoms with van der Waals surface area (Å²) in [6, 6.07) is 14.8. The van der Waals surface area contributed by atoms with Crippen LogP contribution in [0, 0.1) is 0 Å². The van der Waals surface area contributed by atoms with Gasteiger partial charge in [-0.2, -0.15) is 0 Å². The van der Waals surface area contributed by atoms with Gasteiger partial charge in [-0.15, -0.1) is 11.3 Å². The zero-order valence-corrected chi connectivity index (χ0v) is 16.3. The van der Waals surface area contributed by atoms with E-state index in [9.17, 15) is 9.59 Å². The van der Waals surface area contributed by atoms with E-state index in [-0.39, 0.29) is 18.0 Å². The Kier molecular flexibility index (Phi) is 5.62. The van der Waals surface area contributed by atoms with Gasteiger partial charge in [-0.05, 0) is 12.1 Å². The van der Waals surface area contributed by atoms with Crippen molar-refractivity contribution < 1.29 is 9.21 Å². The summed E-state index contributed by atoms with van der Waals surface area (Å²) in [6.45, 7) is 0.361. The monoisotopic (exact) mass is 406 g/mol. The van der Waals surface area contributed by atoms with Gasteiger partial charge >= 0.3 is 0 Å². The van der Waals surface area contributed by atoms with Crippen molar-refractivity contribution in [2.45, 2.75) is 13.0 Å². The van der Waals surface area contributed by atoms with Crippen LogP contribution in [0.1, 0.15) is 5.69 Å². The Labute approximate surface area is 170 Å². The molecule has 0 unspecified atom stereocenters. The molecule has 0 fully saturated rings. The minimum absolute atomic E-state index is 0.0867. The average molecular weight is 406 g/mol. The van der Waals surface area contributed by atoms with E-state index in [1.54, 1.807) is 23.5 Å². The molecule has 0 aliphatic rings. The Morgan fingerprint density at radius 2 is 2.03 bits per heavy atom. The van der Waals surface area contributed by atoms with Gasteiger partial charge in [0.15, 0.2) is 5.76 Å². The molecule has 0 aliphatic heterocycles. The number of carbonyl (C=O) groups excluding carboxylic acids is 1. The van der Waals surface area contributed by atoms with E-state index < -0.39 is 0 Å². The summed E-state index contributed by atoms with van der Waals surface area (Å²) in [4.78, 5) is 33.1. The molecule has 0 radical (unpaired) electrons. The number of nitrogens with one attached hydrogen (secondary N) is 1. The summed E-state index contributed by atoms with van der Waals surface area (Å²) in [6.07, 6.45) is 3.49. The Hall–Kier alpha value is -3.52. The lowest BCUT2D eigenvalue weighted by Gasteiger charge is -2.07. The summed E-state index contributed by atoms with van der Waals surface area (Å²) >= 11 is 1.58. The van der Waals surface area contributed by atoms with E-state index in [0.717, 1.165) is 16.3 Å². The fraction of sp³-hybridized carbons (Fsp3) is 0.143. The first-order chi connectivity index (χ1) is 14.2. The number of amides is 1. The highest BCUT2D eigenvalue weighted by atomic mass is 32.1. The molecule has 0 atom stereocenters. The molecule has 7 nitrogen and oxygen atoms in total. The number of hydrogen-bond acceptors (Lipinski definition) is 6. The van der Waals surface area contributed by atoms with Gasteiger partial charge in [0, 0.05) is 30.0 Å². The molecule has 29 heavy (non-hydrogen) atoms. The van der Waals surface area contributed by atoms with Crippen LogP contribution in [0.5, 0.6) is 0 Å². The number of hydrogen-bond donors (Lipinski definition) is 1. The van der Waals surface area contributed by atoms with E-state index in [0.29, 0.717) is 24.4 Å². The summed E-state index contributed by atoms with van der Waals surface area (Å²) in [5.74, 6) is 0.259. The van der Waals surface area contributed by atoms with Crippen molar-refractivity contribution in [1.82, 2.24) is 19.9 Å². The van der Waals surface area contributed by atoms with Crippen LogP contribution in [-0.2, 0) is 17.8 Å². The standard InChI is InChI=1S/C21H18N4O3S/c26-19(12-25-14-23-17(11-20(25)27)18-7-4-10-28-18)22-9-8-16-13-29-21(24-16)15-5-2-1-3-6-15/h1-7,10-11,13-14H,8-9,12H2,(H,22,26). The molecule has 1 aromatic carbocycles. The van der Waals surface area contributed by atoms with Crippen LogP contribution in [0.4, 0.5) is 0 Å². The largest absolute Gasteiger partial charge is 0.463 e. The van der Waals surface area contributed by atoms with Gasteiger partial charge in [0.05, 0.1) is 18.3 Å². The van der Waals surface area contributed by atoms with Crippen molar-refractivity contribution in [1.29, 1.82) is 0 Å². The summed E-state index contributed by atoms with van der Waals surface area (Å²) in [5, 5.41) is 5.77. The smallest absolute Gasteiger partial charge is 0.254 e. The number of aromatic nitrogens is 3. The molecule has 0 aliphatic carbocycles. The number of thiazole rings is 1. The third-order valence-electron chi connectivity index (χ3n) is 4.24. The lowest BCUT2D eigenvalue weighted by Crippen LogP contribution is -2.33. The lowest BCUT2D eigenvalue weighted by molar-refractivity contribution is -0.121. The second-order valence-electron chi connectivity index (χ2n) is 6.33. The van der Waals surface area contributed by atoms with Gasteiger partial charge in [-0.1, -0.05) is 30.3 Å². The fourth-order valence-electron chi connectivity index (χ4n) is 2.78. The quantitative estimate of drug-likeness (QED) is 0.510. The fourth-order valence-corrected chi connectivity index (χ4v) is 3.64. The third kappa shape index (κ3) is 4.67. The first-order valence-electron chi connectivity index (χ1n) is 9.06. The summed E-state index contributed by atoms with van der Waals surface area (Å²) in [7, 11) is 0. The maximum atomic E-state index is 12.2. The Morgan fingerprint density at radius 1 is 1.17 bits per heavy atom. The van der Waals surface area contributed by atoms with Crippen LogP contribution < -0.4 is 10.9 Å². The van der Waals surface area contributed by atoms with Crippen LogP contribution in [0.3, 0.4) is 0 Å². The highest BCUT2D eigenvalue weighted by molar-refractivity contribution is 7.13. The third-order valence-corrected chi connectivity index (χ3v) is 5.18. The van der Waals surface area contributed by atoms with Crippen LogP contribution in [0.15, 0.2) is 75.7 Å². The van der Waals surface area contributed by atoms with Gasteiger partial charge in [0.1, 0.15) is 17.2 Å². The molecule has 3 aromatic heterocycles. The van der Waals surface area contributed by atoms with Crippen LogP contribution in [0.2, 0.25) is 0 Å². The molecule has 1 amide bonds. The molecule has 1 N–H and O–H groups in total. The van der Waals surface area contributed by atoms with Crippen molar-refractivity contribution in [3.8, 4) is 22.0 Å². The van der Waals surface area contributed by atoms with Crippen molar-refractivity contribution in [3.63, 3.8) is 0 Å². The van der Waals surface area contributed by atoms with Crippen molar-refractivity contribution >= 4 is 17.2 Å². The Bertz CT molecular complexity index is 1150. The zero-order valence-electron chi connectivity index (χ0n) is 15.4. The van der Waals surface area contributed by atoms with Crippen LogP contribution >= 0.6 is 11.3 Å². The lowest BCUT2D eigenvalue weighted by atomic mass is 10.2. The van der Waals surface area contributed by atoms with Gasteiger partial charge in [0.25, 0.3) is 5.56 Å². The molecular formula is C21H18N4O3S. The highest BCUT2D eigenvalue weighted by Gasteiger charge is 2.09. The Balaban J connectivity index is 1.29.